The molecule has 0 radical (unpaired) electrons. The Labute approximate surface area is 197 Å². The molecule has 9 nitrogen and oxygen atoms in total. The Morgan fingerprint density at radius 1 is 0.794 bits per heavy atom. The third kappa shape index (κ3) is 5.36. The maximum Gasteiger partial charge on any atom is 0.255 e. The lowest BCUT2D eigenvalue weighted by Gasteiger charge is -2.11. The predicted molar refractivity (Wildman–Crippen MR) is 127 cm³/mol. The molecule has 3 N–H and O–H groups in total. The molecule has 3 aromatic rings. The van der Waals surface area contributed by atoms with Crippen LogP contribution in [0.4, 0.5) is 11.4 Å². The monoisotopic (exact) mass is 481 g/mol. The number of ether oxygens (including phenoxy) is 2. The molecule has 1 aliphatic rings. The van der Waals surface area contributed by atoms with E-state index in [1.54, 1.807) is 56.3 Å². The van der Waals surface area contributed by atoms with E-state index in [4.69, 9.17) is 9.47 Å². The molecule has 0 saturated heterocycles. The molecular formula is C24H23N3O6S. The fraction of sp³-hybridized carbons (Fsp3) is 0.167. The Kier molecular flexibility index (Phi) is 6.53. The van der Waals surface area contributed by atoms with Gasteiger partial charge in [-0.05, 0) is 74.5 Å². The molecule has 0 aliphatic carbocycles. The third-order valence-corrected chi connectivity index (χ3v) is 6.51. The summed E-state index contributed by atoms with van der Waals surface area (Å²) in [7, 11) is -3.64. The average Bonchev–Trinajstić information content (AvgIpc) is 3.26. The van der Waals surface area contributed by atoms with E-state index in [0.29, 0.717) is 34.0 Å². The summed E-state index contributed by atoms with van der Waals surface area (Å²) in [6.07, 6.45) is 0. The van der Waals surface area contributed by atoms with Gasteiger partial charge in [0.2, 0.25) is 16.8 Å². The smallest absolute Gasteiger partial charge is 0.255 e. The molecule has 0 aromatic heterocycles. The molecule has 1 heterocycles. The van der Waals surface area contributed by atoms with Crippen LogP contribution in [-0.4, -0.2) is 33.1 Å². The van der Waals surface area contributed by atoms with Crippen molar-refractivity contribution in [3.8, 4) is 11.5 Å². The maximum absolute atomic E-state index is 12.6. The van der Waals surface area contributed by atoms with Crippen LogP contribution in [0.5, 0.6) is 11.5 Å². The Morgan fingerprint density at radius 2 is 1.38 bits per heavy atom. The van der Waals surface area contributed by atoms with Crippen LogP contribution in [0.25, 0.3) is 0 Å². The van der Waals surface area contributed by atoms with Gasteiger partial charge in [0, 0.05) is 28.5 Å². The number of carbonyl (C=O) groups excluding carboxylic acids is 2. The summed E-state index contributed by atoms with van der Waals surface area (Å²) in [5.74, 6) is 0.337. The number of sulfonamides is 1. The van der Waals surface area contributed by atoms with Crippen LogP contribution in [0.2, 0.25) is 0 Å². The van der Waals surface area contributed by atoms with E-state index in [9.17, 15) is 18.0 Å². The van der Waals surface area contributed by atoms with E-state index in [2.05, 4.69) is 15.4 Å². The van der Waals surface area contributed by atoms with Crippen molar-refractivity contribution in [1.29, 1.82) is 0 Å². The molecule has 1 aliphatic heterocycles. The zero-order chi connectivity index (χ0) is 24.3. The van der Waals surface area contributed by atoms with Crippen LogP contribution in [-0.2, 0) is 10.0 Å². The molecule has 3 aromatic carbocycles. The Morgan fingerprint density at radius 3 is 2.03 bits per heavy atom. The van der Waals surface area contributed by atoms with Gasteiger partial charge in [-0.3, -0.25) is 9.59 Å². The van der Waals surface area contributed by atoms with Crippen molar-refractivity contribution in [3.63, 3.8) is 0 Å². The van der Waals surface area contributed by atoms with Crippen LogP contribution in [0.15, 0.2) is 71.6 Å². The lowest BCUT2D eigenvalue weighted by atomic mass is 10.1. The summed E-state index contributed by atoms with van der Waals surface area (Å²) >= 11 is 0. The van der Waals surface area contributed by atoms with E-state index in [0.717, 1.165) is 0 Å². The number of carbonyl (C=O) groups is 2. The van der Waals surface area contributed by atoms with Gasteiger partial charge in [0.25, 0.3) is 11.8 Å². The molecule has 0 saturated carbocycles. The van der Waals surface area contributed by atoms with E-state index in [1.165, 1.54) is 24.3 Å². The fourth-order valence-electron chi connectivity index (χ4n) is 3.28. The van der Waals surface area contributed by atoms with Crippen LogP contribution < -0.4 is 24.8 Å². The minimum atomic E-state index is -3.64. The summed E-state index contributed by atoms with van der Waals surface area (Å²) < 4.78 is 37.5. The maximum atomic E-state index is 12.6. The summed E-state index contributed by atoms with van der Waals surface area (Å²) in [5.41, 5.74) is 1.65. The van der Waals surface area contributed by atoms with Crippen molar-refractivity contribution in [2.45, 2.75) is 24.8 Å². The molecule has 0 spiro atoms. The number of hydrogen-bond donors (Lipinski definition) is 3. The average molecular weight is 482 g/mol. The van der Waals surface area contributed by atoms with Gasteiger partial charge in [-0.25, -0.2) is 13.1 Å². The van der Waals surface area contributed by atoms with Crippen molar-refractivity contribution >= 4 is 33.2 Å². The number of nitrogens with one attached hydrogen (secondary N) is 3. The van der Waals surface area contributed by atoms with Crippen LogP contribution in [0, 0.1) is 0 Å². The minimum Gasteiger partial charge on any atom is -0.454 e. The summed E-state index contributed by atoms with van der Waals surface area (Å²) in [4.78, 5) is 25.3. The van der Waals surface area contributed by atoms with Crippen molar-refractivity contribution in [1.82, 2.24) is 4.72 Å². The summed E-state index contributed by atoms with van der Waals surface area (Å²) in [6.45, 7) is 3.57. The number of fused-ring (bicyclic) bond motifs is 1. The highest BCUT2D eigenvalue weighted by Gasteiger charge is 2.18. The van der Waals surface area contributed by atoms with Gasteiger partial charge in [-0.1, -0.05) is 6.07 Å². The lowest BCUT2D eigenvalue weighted by molar-refractivity contribution is 0.101. The van der Waals surface area contributed by atoms with Gasteiger partial charge in [0.1, 0.15) is 0 Å². The van der Waals surface area contributed by atoms with Crippen LogP contribution in [0.1, 0.15) is 34.6 Å². The normalized spacial score (nSPS) is 12.4. The first kappa shape index (κ1) is 23.3. The Bertz CT molecular complexity index is 1340. The highest BCUT2D eigenvalue weighted by atomic mass is 32.2. The second kappa shape index (κ2) is 9.54. The molecule has 10 heteroatoms. The number of anilines is 2. The first-order chi connectivity index (χ1) is 16.2. The highest BCUT2D eigenvalue weighted by Crippen LogP contribution is 2.32. The first-order valence-corrected chi connectivity index (χ1v) is 11.9. The number of benzene rings is 3. The molecule has 4 rings (SSSR count). The highest BCUT2D eigenvalue weighted by molar-refractivity contribution is 7.89. The molecule has 0 fully saturated rings. The zero-order valence-electron chi connectivity index (χ0n) is 18.5. The SMILES string of the molecule is CC(C)NS(=O)(=O)c1ccc(C(=O)Nc2cccc(NC(=O)c3ccc4c(c3)OCO4)c2)cc1. The number of hydrogen-bond acceptors (Lipinski definition) is 6. The Hall–Kier alpha value is -3.89. The zero-order valence-corrected chi connectivity index (χ0v) is 19.3. The van der Waals surface area contributed by atoms with E-state index in [1.807, 2.05) is 0 Å². The summed E-state index contributed by atoms with van der Waals surface area (Å²) in [5, 5.41) is 5.53. The molecular weight excluding hydrogens is 458 g/mol. The van der Waals surface area contributed by atoms with Crippen molar-refractivity contribution in [2.24, 2.45) is 0 Å². The van der Waals surface area contributed by atoms with Crippen molar-refractivity contribution in [3.05, 3.63) is 77.9 Å². The number of amides is 2. The van der Waals surface area contributed by atoms with E-state index in [-0.39, 0.29) is 23.6 Å². The predicted octanol–water partition coefficient (Wildman–Crippen LogP) is 3.61. The fourth-order valence-corrected chi connectivity index (χ4v) is 4.53. The molecule has 0 bridgehead atoms. The van der Waals surface area contributed by atoms with Crippen molar-refractivity contribution < 1.29 is 27.5 Å². The number of rotatable bonds is 7. The molecule has 34 heavy (non-hydrogen) atoms. The third-order valence-electron chi connectivity index (χ3n) is 4.83. The summed E-state index contributed by atoms with van der Waals surface area (Å²) in [6, 6.07) is 17.0. The molecule has 0 unspecified atom stereocenters. The quantitative estimate of drug-likeness (QED) is 0.474. The molecule has 2 amide bonds. The van der Waals surface area contributed by atoms with Gasteiger partial charge >= 0.3 is 0 Å². The van der Waals surface area contributed by atoms with Gasteiger partial charge in [0.05, 0.1) is 4.90 Å². The first-order valence-electron chi connectivity index (χ1n) is 10.5. The van der Waals surface area contributed by atoms with E-state index < -0.39 is 15.9 Å². The lowest BCUT2D eigenvalue weighted by Crippen LogP contribution is -2.30. The second-order valence-electron chi connectivity index (χ2n) is 7.86. The van der Waals surface area contributed by atoms with Crippen LogP contribution in [0.3, 0.4) is 0 Å². The minimum absolute atomic E-state index is 0.0750. The second-order valence-corrected chi connectivity index (χ2v) is 9.57. The van der Waals surface area contributed by atoms with Gasteiger partial charge in [-0.15, -0.1) is 0 Å². The van der Waals surface area contributed by atoms with Crippen LogP contribution >= 0.6 is 0 Å². The van der Waals surface area contributed by atoms with Gasteiger partial charge in [-0.2, -0.15) is 0 Å². The molecule has 0 atom stereocenters. The standard InChI is InChI=1S/C24H23N3O6S/c1-15(2)27-34(30,31)20-9-6-16(7-10-20)23(28)25-18-4-3-5-19(13-18)26-24(29)17-8-11-21-22(12-17)33-14-32-21/h3-13,15,27H,14H2,1-2H3,(H,25,28)(H,26,29). The Balaban J connectivity index is 1.42. The largest absolute Gasteiger partial charge is 0.454 e. The van der Waals surface area contributed by atoms with E-state index >= 15 is 0 Å². The van der Waals surface area contributed by atoms with Gasteiger partial charge < -0.3 is 20.1 Å². The van der Waals surface area contributed by atoms with Gasteiger partial charge in [0.15, 0.2) is 11.5 Å². The topological polar surface area (TPSA) is 123 Å². The molecule has 176 valence electrons. The van der Waals surface area contributed by atoms with Crippen molar-refractivity contribution in [2.75, 3.05) is 17.4 Å².